The van der Waals surface area contributed by atoms with E-state index in [0.717, 1.165) is 24.2 Å². The van der Waals surface area contributed by atoms with Crippen molar-refractivity contribution in [1.82, 2.24) is 19.0 Å². The zero-order valence-corrected chi connectivity index (χ0v) is 24.8. The van der Waals surface area contributed by atoms with Crippen LogP contribution >= 0.6 is 0 Å². The molecule has 3 aliphatic heterocycles. The summed E-state index contributed by atoms with van der Waals surface area (Å²) in [6.07, 6.45) is 0. The van der Waals surface area contributed by atoms with Gasteiger partial charge in [-0.25, -0.2) is 8.42 Å². The van der Waals surface area contributed by atoms with E-state index in [9.17, 15) is 18.0 Å². The lowest BCUT2D eigenvalue weighted by Gasteiger charge is -2.48. The highest BCUT2D eigenvalue weighted by Gasteiger charge is 2.37. The van der Waals surface area contributed by atoms with Crippen LogP contribution in [-0.2, 0) is 21.4 Å². The average Bonchev–Trinajstić information content (AvgIpc) is 3.04. The molecule has 0 radical (unpaired) electrons. The van der Waals surface area contributed by atoms with Crippen molar-refractivity contribution in [3.8, 4) is 5.75 Å². The van der Waals surface area contributed by atoms with Crippen LogP contribution in [-0.4, -0.2) is 111 Å². The van der Waals surface area contributed by atoms with Gasteiger partial charge in [0.25, 0.3) is 11.8 Å². The second kappa shape index (κ2) is 12.8. The van der Waals surface area contributed by atoms with Gasteiger partial charge in [-0.05, 0) is 54.1 Å². The van der Waals surface area contributed by atoms with Crippen molar-refractivity contribution in [2.75, 3.05) is 65.6 Å². The third kappa shape index (κ3) is 6.59. The van der Waals surface area contributed by atoms with E-state index in [1.165, 1.54) is 4.31 Å². The van der Waals surface area contributed by atoms with Gasteiger partial charge in [-0.1, -0.05) is 30.3 Å². The van der Waals surface area contributed by atoms with Gasteiger partial charge in [0.15, 0.2) is 0 Å². The van der Waals surface area contributed by atoms with E-state index in [0.29, 0.717) is 69.8 Å². The molecule has 2 amide bonds. The molecule has 0 atom stereocenters. The van der Waals surface area contributed by atoms with Crippen LogP contribution in [0.15, 0.2) is 83.8 Å². The zero-order chi connectivity index (χ0) is 29.8. The highest BCUT2D eigenvalue weighted by Crippen LogP contribution is 2.23. The summed E-state index contributed by atoms with van der Waals surface area (Å²) in [6.45, 7) is 6.19. The fraction of sp³-hybridized carbons (Fsp3) is 0.375. The van der Waals surface area contributed by atoms with Crippen LogP contribution < -0.4 is 4.74 Å². The lowest BCUT2D eigenvalue weighted by atomic mass is 10.0. The number of piperazine rings is 1. The van der Waals surface area contributed by atoms with Gasteiger partial charge < -0.3 is 19.3 Å². The van der Waals surface area contributed by atoms with Crippen molar-refractivity contribution >= 4 is 21.8 Å². The maximum Gasteiger partial charge on any atom is 0.253 e. The summed E-state index contributed by atoms with van der Waals surface area (Å²) >= 11 is 0. The smallest absolute Gasteiger partial charge is 0.253 e. The molecule has 6 rings (SSSR count). The van der Waals surface area contributed by atoms with Crippen molar-refractivity contribution in [2.24, 2.45) is 0 Å². The second-order valence-electron chi connectivity index (χ2n) is 11.0. The highest BCUT2D eigenvalue weighted by atomic mass is 32.2. The molecule has 11 heteroatoms. The molecule has 3 heterocycles. The first kappa shape index (κ1) is 29.3. The van der Waals surface area contributed by atoms with Crippen LogP contribution in [0.25, 0.3) is 0 Å². The first-order chi connectivity index (χ1) is 20.9. The van der Waals surface area contributed by atoms with Crippen LogP contribution in [0.1, 0.15) is 26.3 Å². The van der Waals surface area contributed by atoms with Gasteiger partial charge in [-0.3, -0.25) is 14.5 Å². The van der Waals surface area contributed by atoms with Gasteiger partial charge in [0.1, 0.15) is 12.4 Å². The molecule has 0 aliphatic carbocycles. The number of sulfonamides is 1. The number of carbonyl (C=O) groups excluding carboxylic acids is 2. The van der Waals surface area contributed by atoms with Gasteiger partial charge in [0.05, 0.1) is 18.1 Å². The Labute approximate surface area is 252 Å². The Balaban J connectivity index is 0.942. The molecule has 3 aromatic carbocycles. The largest absolute Gasteiger partial charge is 0.489 e. The Hall–Kier alpha value is -3.77. The summed E-state index contributed by atoms with van der Waals surface area (Å²) in [7, 11) is -3.53. The minimum Gasteiger partial charge on any atom is -0.489 e. The minimum absolute atomic E-state index is 0.00208. The molecule has 0 spiro atoms. The van der Waals surface area contributed by atoms with Gasteiger partial charge in [0, 0.05) is 69.5 Å². The third-order valence-corrected chi connectivity index (χ3v) is 10.2. The maximum absolute atomic E-state index is 13.0. The quantitative estimate of drug-likeness (QED) is 0.390. The number of hydrogen-bond donors (Lipinski definition) is 0. The summed E-state index contributed by atoms with van der Waals surface area (Å²) in [4.78, 5) is 32.1. The molecule has 3 aliphatic rings. The molecule has 3 fully saturated rings. The van der Waals surface area contributed by atoms with E-state index in [4.69, 9.17) is 9.47 Å². The molecule has 10 nitrogen and oxygen atoms in total. The molecule has 3 aromatic rings. The van der Waals surface area contributed by atoms with E-state index in [1.807, 2.05) is 40.1 Å². The first-order valence-electron chi connectivity index (χ1n) is 14.7. The molecule has 0 bridgehead atoms. The summed E-state index contributed by atoms with van der Waals surface area (Å²) in [6, 6.07) is 23.5. The van der Waals surface area contributed by atoms with Crippen molar-refractivity contribution in [2.45, 2.75) is 17.5 Å². The van der Waals surface area contributed by atoms with E-state index in [1.54, 1.807) is 48.5 Å². The Bertz CT molecular complexity index is 1510. The highest BCUT2D eigenvalue weighted by molar-refractivity contribution is 7.89. The Kier molecular flexibility index (Phi) is 8.75. The van der Waals surface area contributed by atoms with Gasteiger partial charge in [-0.2, -0.15) is 4.31 Å². The fourth-order valence-electron chi connectivity index (χ4n) is 5.64. The molecule has 43 heavy (non-hydrogen) atoms. The Morgan fingerprint density at radius 1 is 0.721 bits per heavy atom. The number of morpholine rings is 1. The SMILES string of the molecule is O=C(c1ccccc1)N1CCN(C2CN(C(=O)c3ccc(OCc4ccc(S(=O)(=O)N5CCOCC5)cc4)cc3)C2)CC1. The molecule has 3 saturated heterocycles. The lowest BCUT2D eigenvalue weighted by molar-refractivity contribution is 0.00853. The monoisotopic (exact) mass is 604 g/mol. The first-order valence-corrected chi connectivity index (χ1v) is 16.1. The van der Waals surface area contributed by atoms with E-state index in [-0.39, 0.29) is 23.3 Å². The number of amides is 2. The van der Waals surface area contributed by atoms with Crippen LogP contribution in [0.5, 0.6) is 5.75 Å². The number of nitrogens with zero attached hydrogens (tertiary/aromatic N) is 4. The number of carbonyl (C=O) groups is 2. The summed E-state index contributed by atoms with van der Waals surface area (Å²) in [5.41, 5.74) is 2.18. The van der Waals surface area contributed by atoms with Crippen molar-refractivity contribution in [3.05, 3.63) is 95.6 Å². The molecule has 226 valence electrons. The molecular weight excluding hydrogens is 568 g/mol. The number of likely N-dealkylation sites (tertiary alicyclic amines) is 1. The fourth-order valence-corrected chi connectivity index (χ4v) is 7.05. The normalized spacial score (nSPS) is 18.7. The molecule has 0 aromatic heterocycles. The standard InChI is InChI=1S/C32H36N4O6S/c37-31(26-4-2-1-3-5-26)34-16-14-33(15-17-34)28-22-35(23-28)32(38)27-8-10-29(11-9-27)42-24-25-6-12-30(13-7-25)43(39,40)36-18-20-41-21-19-36/h1-13,28H,14-24H2. The lowest BCUT2D eigenvalue weighted by Crippen LogP contribution is -2.64. The minimum atomic E-state index is -3.53. The molecular formula is C32H36N4O6S. The topological polar surface area (TPSA) is 99.7 Å². The van der Waals surface area contributed by atoms with E-state index < -0.39 is 10.0 Å². The maximum atomic E-state index is 13.0. The molecule has 0 unspecified atom stereocenters. The number of ether oxygens (including phenoxy) is 2. The van der Waals surface area contributed by atoms with E-state index >= 15 is 0 Å². The molecule has 0 saturated carbocycles. The number of benzene rings is 3. The summed E-state index contributed by atoms with van der Waals surface area (Å²) in [5.74, 6) is 0.703. The number of hydrogen-bond acceptors (Lipinski definition) is 7. The molecule has 0 N–H and O–H groups in total. The van der Waals surface area contributed by atoms with E-state index in [2.05, 4.69) is 4.90 Å². The average molecular weight is 605 g/mol. The Morgan fingerprint density at radius 3 is 1.98 bits per heavy atom. The van der Waals surface area contributed by atoms with Crippen LogP contribution in [0, 0.1) is 0 Å². The zero-order valence-electron chi connectivity index (χ0n) is 24.0. The second-order valence-corrected chi connectivity index (χ2v) is 13.0. The van der Waals surface area contributed by atoms with Gasteiger partial charge in [0.2, 0.25) is 10.0 Å². The summed E-state index contributed by atoms with van der Waals surface area (Å²) in [5, 5.41) is 0. The Morgan fingerprint density at radius 2 is 1.33 bits per heavy atom. The van der Waals surface area contributed by atoms with Crippen LogP contribution in [0.2, 0.25) is 0 Å². The van der Waals surface area contributed by atoms with Crippen molar-refractivity contribution < 1.29 is 27.5 Å². The van der Waals surface area contributed by atoms with Crippen molar-refractivity contribution in [1.29, 1.82) is 0 Å². The summed E-state index contributed by atoms with van der Waals surface area (Å²) < 4.78 is 38.2. The predicted molar refractivity (Wildman–Crippen MR) is 160 cm³/mol. The number of rotatable bonds is 8. The third-order valence-electron chi connectivity index (χ3n) is 8.33. The predicted octanol–water partition coefficient (Wildman–Crippen LogP) is 2.57. The van der Waals surface area contributed by atoms with Crippen LogP contribution in [0.4, 0.5) is 0 Å². The van der Waals surface area contributed by atoms with Crippen molar-refractivity contribution in [3.63, 3.8) is 0 Å². The van der Waals surface area contributed by atoms with Gasteiger partial charge >= 0.3 is 0 Å². The van der Waals surface area contributed by atoms with Crippen LogP contribution in [0.3, 0.4) is 0 Å². The van der Waals surface area contributed by atoms with Gasteiger partial charge in [-0.15, -0.1) is 0 Å².